The van der Waals surface area contributed by atoms with Gasteiger partial charge in [-0.1, -0.05) is 22.9 Å². The van der Waals surface area contributed by atoms with Crippen molar-refractivity contribution in [2.75, 3.05) is 5.32 Å². The minimum absolute atomic E-state index is 0.180. The number of hydrogen-bond acceptors (Lipinski definition) is 6. The second-order valence-corrected chi connectivity index (χ2v) is 5.40. The van der Waals surface area contributed by atoms with Gasteiger partial charge >= 0.3 is 6.18 Å². The lowest BCUT2D eigenvalue weighted by atomic mass is 10.3. The maximum Gasteiger partial charge on any atom is 0.433 e. The number of aromatic nitrogens is 3. The summed E-state index contributed by atoms with van der Waals surface area (Å²) in [6.07, 6.45) is -4.63. The SMILES string of the molecule is CC(=O)c1sc(Nc2nc(Cl)cc(C(F)(F)F)n2)nc1C. The fourth-order valence-electron chi connectivity index (χ4n) is 1.49. The monoisotopic (exact) mass is 336 g/mol. The van der Waals surface area contributed by atoms with Crippen molar-refractivity contribution in [3.8, 4) is 0 Å². The fraction of sp³-hybridized carbons (Fsp3) is 0.273. The van der Waals surface area contributed by atoms with Gasteiger partial charge in [0, 0.05) is 13.0 Å². The number of rotatable bonds is 3. The van der Waals surface area contributed by atoms with E-state index in [2.05, 4.69) is 20.3 Å². The molecule has 0 aromatic carbocycles. The number of ketones is 1. The molecule has 0 bridgehead atoms. The summed E-state index contributed by atoms with van der Waals surface area (Å²) in [4.78, 5) is 22.7. The van der Waals surface area contributed by atoms with E-state index in [1.807, 2.05) is 0 Å². The van der Waals surface area contributed by atoms with Crippen LogP contribution in [0.15, 0.2) is 6.07 Å². The lowest BCUT2D eigenvalue weighted by Gasteiger charge is -2.08. The van der Waals surface area contributed by atoms with Crippen molar-refractivity contribution >= 4 is 39.8 Å². The molecule has 2 heterocycles. The van der Waals surface area contributed by atoms with Crippen molar-refractivity contribution in [2.45, 2.75) is 20.0 Å². The highest BCUT2D eigenvalue weighted by Crippen LogP contribution is 2.31. The van der Waals surface area contributed by atoms with Crippen LogP contribution in [-0.2, 0) is 6.18 Å². The summed E-state index contributed by atoms with van der Waals surface area (Å²) in [5.74, 6) is -0.514. The minimum Gasteiger partial charge on any atom is -0.300 e. The molecular weight excluding hydrogens is 329 g/mol. The number of Topliss-reactive ketones (excluding diaryl/α,β-unsaturated/α-hetero) is 1. The maximum absolute atomic E-state index is 12.6. The van der Waals surface area contributed by atoms with Crippen LogP contribution < -0.4 is 5.32 Å². The highest BCUT2D eigenvalue weighted by molar-refractivity contribution is 7.17. The Kier molecular flexibility index (Phi) is 4.15. The Morgan fingerprint density at radius 1 is 1.33 bits per heavy atom. The molecule has 0 aliphatic heterocycles. The quantitative estimate of drug-likeness (QED) is 0.681. The third-order valence-electron chi connectivity index (χ3n) is 2.32. The number of carbonyl (C=O) groups excluding carboxylic acids is 1. The molecule has 112 valence electrons. The number of thiazole rings is 1. The minimum atomic E-state index is -4.63. The van der Waals surface area contributed by atoms with Gasteiger partial charge < -0.3 is 0 Å². The van der Waals surface area contributed by atoms with E-state index in [4.69, 9.17) is 11.6 Å². The number of aryl methyl sites for hydroxylation is 1. The summed E-state index contributed by atoms with van der Waals surface area (Å²) in [5, 5.41) is 2.39. The molecule has 0 saturated carbocycles. The molecule has 0 atom stereocenters. The largest absolute Gasteiger partial charge is 0.433 e. The molecule has 0 fully saturated rings. The molecule has 1 N–H and O–H groups in total. The van der Waals surface area contributed by atoms with Gasteiger partial charge in [0.05, 0.1) is 10.6 Å². The van der Waals surface area contributed by atoms with E-state index in [-0.39, 0.29) is 22.0 Å². The normalized spacial score (nSPS) is 11.5. The Labute approximate surface area is 126 Å². The fourth-order valence-corrected chi connectivity index (χ4v) is 2.53. The molecule has 0 saturated heterocycles. The van der Waals surface area contributed by atoms with E-state index >= 15 is 0 Å². The molecule has 0 radical (unpaired) electrons. The van der Waals surface area contributed by atoms with E-state index in [0.29, 0.717) is 16.6 Å². The van der Waals surface area contributed by atoms with E-state index in [1.165, 1.54) is 6.92 Å². The van der Waals surface area contributed by atoms with Crippen LogP contribution >= 0.6 is 22.9 Å². The molecule has 2 rings (SSSR count). The average molecular weight is 337 g/mol. The van der Waals surface area contributed by atoms with Crippen LogP contribution in [0.2, 0.25) is 5.15 Å². The number of hydrogen-bond donors (Lipinski definition) is 1. The molecule has 5 nitrogen and oxygen atoms in total. The van der Waals surface area contributed by atoms with Crippen LogP contribution in [0.5, 0.6) is 0 Å². The smallest absolute Gasteiger partial charge is 0.300 e. The van der Waals surface area contributed by atoms with Crippen LogP contribution in [0.1, 0.15) is 28.0 Å². The van der Waals surface area contributed by atoms with Gasteiger partial charge in [0.2, 0.25) is 5.95 Å². The Morgan fingerprint density at radius 2 is 2.00 bits per heavy atom. The van der Waals surface area contributed by atoms with Crippen molar-refractivity contribution < 1.29 is 18.0 Å². The van der Waals surface area contributed by atoms with Gasteiger partial charge in [-0.25, -0.2) is 15.0 Å². The molecule has 21 heavy (non-hydrogen) atoms. The predicted molar refractivity (Wildman–Crippen MR) is 72.2 cm³/mol. The van der Waals surface area contributed by atoms with Gasteiger partial charge in [-0.2, -0.15) is 13.2 Å². The lowest BCUT2D eigenvalue weighted by Crippen LogP contribution is -2.10. The highest BCUT2D eigenvalue weighted by atomic mass is 35.5. The van der Waals surface area contributed by atoms with Gasteiger partial charge in [-0.3, -0.25) is 10.1 Å². The summed E-state index contributed by atoms with van der Waals surface area (Å²) >= 11 is 6.55. The zero-order valence-electron chi connectivity index (χ0n) is 10.7. The summed E-state index contributed by atoms with van der Waals surface area (Å²) in [5.41, 5.74) is -0.682. The number of carbonyl (C=O) groups is 1. The zero-order chi connectivity index (χ0) is 15.8. The van der Waals surface area contributed by atoms with Crippen molar-refractivity contribution in [1.82, 2.24) is 15.0 Å². The molecule has 0 aliphatic carbocycles. The molecule has 0 aliphatic rings. The standard InChI is InChI=1S/C11H8ClF3N4OS/c1-4-8(5(2)20)21-10(16-4)19-9-17-6(11(13,14)15)3-7(12)18-9/h3H,1-2H3,(H,16,17,18,19). The first-order chi connectivity index (χ1) is 9.66. The van der Waals surface area contributed by atoms with Crippen molar-refractivity contribution in [3.05, 3.63) is 27.5 Å². The number of anilines is 2. The molecule has 2 aromatic rings. The predicted octanol–water partition coefficient (Wildman–Crippen LogP) is 3.86. The molecule has 0 unspecified atom stereocenters. The number of nitrogens with one attached hydrogen (secondary N) is 1. The summed E-state index contributed by atoms with van der Waals surface area (Å²) in [7, 11) is 0. The maximum atomic E-state index is 12.6. The Morgan fingerprint density at radius 3 is 2.52 bits per heavy atom. The van der Waals surface area contributed by atoms with Crippen LogP contribution in [-0.4, -0.2) is 20.7 Å². The Balaban J connectivity index is 2.34. The van der Waals surface area contributed by atoms with E-state index in [1.54, 1.807) is 6.92 Å². The summed E-state index contributed by atoms with van der Waals surface area (Å²) in [6.45, 7) is 3.00. The summed E-state index contributed by atoms with van der Waals surface area (Å²) in [6, 6.07) is 0.626. The number of nitrogens with zero attached hydrogens (tertiary/aromatic N) is 3. The van der Waals surface area contributed by atoms with E-state index in [9.17, 15) is 18.0 Å². The van der Waals surface area contributed by atoms with Crippen molar-refractivity contribution in [2.24, 2.45) is 0 Å². The van der Waals surface area contributed by atoms with Crippen molar-refractivity contribution in [1.29, 1.82) is 0 Å². The van der Waals surface area contributed by atoms with E-state index < -0.39 is 11.9 Å². The number of halogens is 4. The third kappa shape index (κ3) is 3.67. The second-order valence-electron chi connectivity index (χ2n) is 4.01. The lowest BCUT2D eigenvalue weighted by molar-refractivity contribution is -0.141. The second kappa shape index (κ2) is 5.57. The molecular formula is C11H8ClF3N4OS. The van der Waals surface area contributed by atoms with Crippen LogP contribution in [0.4, 0.5) is 24.3 Å². The first-order valence-corrected chi connectivity index (χ1v) is 6.73. The number of alkyl halides is 3. The molecule has 10 heteroatoms. The first kappa shape index (κ1) is 15.6. The third-order valence-corrected chi connectivity index (χ3v) is 3.69. The van der Waals surface area contributed by atoms with Gasteiger partial charge in [-0.15, -0.1) is 0 Å². The highest BCUT2D eigenvalue weighted by Gasteiger charge is 2.33. The average Bonchev–Trinajstić information content (AvgIpc) is 2.68. The van der Waals surface area contributed by atoms with Gasteiger partial charge in [0.15, 0.2) is 16.6 Å². The molecule has 0 spiro atoms. The molecule has 0 amide bonds. The Hall–Kier alpha value is -1.74. The zero-order valence-corrected chi connectivity index (χ0v) is 12.3. The van der Waals surface area contributed by atoms with Crippen LogP contribution in [0.25, 0.3) is 0 Å². The first-order valence-electron chi connectivity index (χ1n) is 5.54. The van der Waals surface area contributed by atoms with Crippen molar-refractivity contribution in [3.63, 3.8) is 0 Å². The summed E-state index contributed by atoms with van der Waals surface area (Å²) < 4.78 is 37.9. The molecule has 2 aromatic heterocycles. The van der Waals surface area contributed by atoms with Gasteiger partial charge in [0.25, 0.3) is 0 Å². The topological polar surface area (TPSA) is 67.8 Å². The van der Waals surface area contributed by atoms with Crippen LogP contribution in [0, 0.1) is 6.92 Å². The van der Waals surface area contributed by atoms with E-state index in [0.717, 1.165) is 11.3 Å². The Bertz CT molecular complexity index is 701. The van der Waals surface area contributed by atoms with Crippen LogP contribution in [0.3, 0.4) is 0 Å². The van der Waals surface area contributed by atoms with Gasteiger partial charge in [0.1, 0.15) is 5.15 Å². The van der Waals surface area contributed by atoms with Gasteiger partial charge in [-0.05, 0) is 6.92 Å².